The molecule has 3 aromatic carbocycles. The number of ketones is 2. The fourth-order valence-corrected chi connectivity index (χ4v) is 6.47. The zero-order valence-electron chi connectivity index (χ0n) is 22.2. The molecule has 0 saturated carbocycles. The Morgan fingerprint density at radius 1 is 0.829 bits per heavy atom. The summed E-state index contributed by atoms with van der Waals surface area (Å²) in [4.78, 5) is 58.3. The van der Waals surface area contributed by atoms with Crippen LogP contribution in [0.25, 0.3) is 0 Å². The molecule has 0 aromatic heterocycles. The lowest BCUT2D eigenvalue weighted by Gasteiger charge is -2.33. The molecule has 0 unspecified atom stereocenters. The van der Waals surface area contributed by atoms with Gasteiger partial charge in [-0.15, -0.1) is 0 Å². The number of Topliss-reactive ketones (excluding diaryl/α,β-unsaturated/α-hetero) is 2. The Morgan fingerprint density at radius 3 is 2.20 bits per heavy atom. The maximum atomic E-state index is 14.1. The molecule has 3 heterocycles. The van der Waals surface area contributed by atoms with Crippen molar-refractivity contribution in [3.8, 4) is 11.5 Å². The number of carbonyl (C=O) groups excluding carboxylic acids is 4. The van der Waals surface area contributed by atoms with Gasteiger partial charge in [0.05, 0.1) is 42.3 Å². The SMILES string of the molecule is COc1ccc(N2C(=O)[C@@H]3[C@H](C2=O)[C@H](C(=O)c2ccc(OC)c(Br)c2)N2C=CC(C(=O)c4ccccc4)=C[C@@H]32)cc1. The minimum atomic E-state index is -0.953. The van der Waals surface area contributed by atoms with E-state index in [4.69, 9.17) is 9.47 Å². The van der Waals surface area contributed by atoms with Crippen LogP contribution < -0.4 is 14.4 Å². The second-order valence-corrected chi connectivity index (χ2v) is 10.8. The number of anilines is 1. The van der Waals surface area contributed by atoms with Crippen LogP contribution in [0, 0.1) is 11.8 Å². The number of nitrogens with zero attached hydrogens (tertiary/aromatic N) is 2. The summed E-state index contributed by atoms with van der Waals surface area (Å²) in [6.45, 7) is 0. The number of allylic oxidation sites excluding steroid dienone is 2. The Morgan fingerprint density at radius 2 is 1.54 bits per heavy atom. The Bertz CT molecular complexity index is 1630. The molecule has 0 aliphatic carbocycles. The van der Waals surface area contributed by atoms with Gasteiger partial charge in [0.2, 0.25) is 11.8 Å². The number of imide groups is 1. The third kappa shape index (κ3) is 4.37. The highest BCUT2D eigenvalue weighted by Gasteiger charge is 2.63. The molecule has 0 spiro atoms. The van der Waals surface area contributed by atoms with E-state index in [2.05, 4.69) is 15.9 Å². The lowest BCUT2D eigenvalue weighted by molar-refractivity contribution is -0.123. The summed E-state index contributed by atoms with van der Waals surface area (Å²) < 4.78 is 11.1. The molecule has 6 rings (SSSR count). The third-order valence-electron chi connectivity index (χ3n) is 7.88. The highest BCUT2D eigenvalue weighted by atomic mass is 79.9. The predicted molar refractivity (Wildman–Crippen MR) is 155 cm³/mol. The van der Waals surface area contributed by atoms with Crippen LogP contribution in [0.2, 0.25) is 0 Å². The fraction of sp³-hybridized carbons (Fsp3) is 0.188. The van der Waals surface area contributed by atoms with E-state index in [1.165, 1.54) is 14.2 Å². The van der Waals surface area contributed by atoms with Gasteiger partial charge < -0.3 is 14.4 Å². The Balaban J connectivity index is 1.42. The first-order chi connectivity index (χ1) is 19.8. The molecule has 0 radical (unpaired) electrons. The van der Waals surface area contributed by atoms with E-state index >= 15 is 0 Å². The van der Waals surface area contributed by atoms with Crippen molar-refractivity contribution in [3.63, 3.8) is 0 Å². The van der Waals surface area contributed by atoms with Crippen molar-refractivity contribution in [1.82, 2.24) is 4.90 Å². The average Bonchev–Trinajstić information content (AvgIpc) is 3.48. The average molecular weight is 613 g/mol. The normalized spacial score (nSPS) is 22.8. The van der Waals surface area contributed by atoms with Gasteiger partial charge in [0.1, 0.15) is 17.5 Å². The zero-order valence-corrected chi connectivity index (χ0v) is 23.8. The van der Waals surface area contributed by atoms with Gasteiger partial charge in [0.15, 0.2) is 11.6 Å². The molecule has 8 nitrogen and oxygen atoms in total. The van der Waals surface area contributed by atoms with Crippen molar-refractivity contribution < 1.29 is 28.7 Å². The van der Waals surface area contributed by atoms with Crippen LogP contribution in [0.1, 0.15) is 20.7 Å². The summed E-state index contributed by atoms with van der Waals surface area (Å²) in [5.41, 5.74) is 1.68. The largest absolute Gasteiger partial charge is 0.497 e. The van der Waals surface area contributed by atoms with Crippen LogP contribution >= 0.6 is 15.9 Å². The fourth-order valence-electron chi connectivity index (χ4n) is 5.93. The van der Waals surface area contributed by atoms with Crippen LogP contribution in [-0.4, -0.2) is 54.6 Å². The number of fused-ring (bicyclic) bond motifs is 3. The van der Waals surface area contributed by atoms with Crippen molar-refractivity contribution in [2.24, 2.45) is 11.8 Å². The summed E-state index contributed by atoms with van der Waals surface area (Å²) in [7, 11) is 3.06. The van der Waals surface area contributed by atoms with Gasteiger partial charge in [0.25, 0.3) is 0 Å². The van der Waals surface area contributed by atoms with E-state index in [0.717, 1.165) is 4.90 Å². The summed E-state index contributed by atoms with van der Waals surface area (Å²) in [6.07, 6.45) is 5.03. The number of rotatable bonds is 7. The Hall–Kier alpha value is -4.50. The lowest BCUT2D eigenvalue weighted by Crippen LogP contribution is -2.46. The number of benzene rings is 3. The van der Waals surface area contributed by atoms with E-state index < -0.39 is 35.7 Å². The van der Waals surface area contributed by atoms with Gasteiger partial charge >= 0.3 is 0 Å². The summed E-state index contributed by atoms with van der Waals surface area (Å²) in [5.74, 6) is -2.03. The molecule has 206 valence electrons. The van der Waals surface area contributed by atoms with Gasteiger partial charge in [-0.05, 0) is 64.5 Å². The van der Waals surface area contributed by atoms with E-state index in [0.29, 0.717) is 38.4 Å². The molecule has 3 aliphatic rings. The number of hydrogen-bond donors (Lipinski definition) is 0. The molecule has 2 saturated heterocycles. The van der Waals surface area contributed by atoms with Gasteiger partial charge in [-0.3, -0.25) is 19.2 Å². The second kappa shape index (κ2) is 10.5. The first-order valence-corrected chi connectivity index (χ1v) is 13.8. The van der Waals surface area contributed by atoms with Crippen LogP contribution in [0.3, 0.4) is 0 Å². The maximum Gasteiger partial charge on any atom is 0.240 e. The number of ether oxygens (including phenoxy) is 2. The molecule has 0 bridgehead atoms. The standard InChI is InChI=1S/C32H25BrN2O6/c1-40-22-11-9-21(10-12-22)35-31(38)26-24-17-20(29(36)18-6-4-3-5-7-18)14-15-34(24)28(27(26)32(35)39)30(37)19-8-13-25(41-2)23(33)16-19/h3-17,24,26-28H,1-2H3/t24-,26-,27-,28+/m0/s1. The predicted octanol–water partition coefficient (Wildman–Crippen LogP) is 4.84. The summed E-state index contributed by atoms with van der Waals surface area (Å²) in [6, 6.07) is 18.8. The van der Waals surface area contributed by atoms with E-state index in [1.54, 1.807) is 90.0 Å². The molecule has 9 heteroatoms. The number of amides is 2. The topological polar surface area (TPSA) is 93.2 Å². The van der Waals surface area contributed by atoms with Gasteiger partial charge in [-0.25, -0.2) is 4.90 Å². The van der Waals surface area contributed by atoms with Crippen molar-refractivity contribution in [3.05, 3.63) is 112 Å². The van der Waals surface area contributed by atoms with Gasteiger partial charge in [0, 0.05) is 22.9 Å². The summed E-state index contributed by atoms with van der Waals surface area (Å²) in [5, 5.41) is 0. The van der Waals surface area contributed by atoms with Crippen LogP contribution in [0.4, 0.5) is 5.69 Å². The second-order valence-electron chi connectivity index (χ2n) is 9.99. The maximum absolute atomic E-state index is 14.1. The molecule has 0 N–H and O–H groups in total. The van der Waals surface area contributed by atoms with Gasteiger partial charge in [-0.1, -0.05) is 36.4 Å². The number of carbonyl (C=O) groups is 4. The molecular weight excluding hydrogens is 588 g/mol. The molecule has 3 aliphatic heterocycles. The third-order valence-corrected chi connectivity index (χ3v) is 8.50. The summed E-state index contributed by atoms with van der Waals surface area (Å²) >= 11 is 3.44. The molecule has 2 fully saturated rings. The molecule has 41 heavy (non-hydrogen) atoms. The number of methoxy groups -OCH3 is 2. The van der Waals surface area contributed by atoms with Gasteiger partial charge in [-0.2, -0.15) is 0 Å². The monoisotopic (exact) mass is 612 g/mol. The lowest BCUT2D eigenvalue weighted by atomic mass is 9.85. The van der Waals surface area contributed by atoms with Crippen LogP contribution in [0.15, 0.2) is 101 Å². The first kappa shape index (κ1) is 26.7. The van der Waals surface area contributed by atoms with Crippen molar-refractivity contribution in [2.45, 2.75) is 12.1 Å². The highest BCUT2D eigenvalue weighted by Crippen LogP contribution is 2.47. The Kier molecular flexibility index (Phi) is 6.83. The highest BCUT2D eigenvalue weighted by molar-refractivity contribution is 9.10. The minimum absolute atomic E-state index is 0.198. The molecule has 3 aromatic rings. The molecular formula is C32H25BrN2O6. The van der Waals surface area contributed by atoms with E-state index in [9.17, 15) is 19.2 Å². The Labute approximate surface area is 245 Å². The zero-order chi connectivity index (χ0) is 28.8. The smallest absolute Gasteiger partial charge is 0.240 e. The van der Waals surface area contributed by atoms with Crippen molar-refractivity contribution >= 4 is 45.0 Å². The van der Waals surface area contributed by atoms with Crippen molar-refractivity contribution in [2.75, 3.05) is 19.1 Å². The van der Waals surface area contributed by atoms with E-state index in [1.807, 2.05) is 6.07 Å². The molecule has 4 atom stereocenters. The van der Waals surface area contributed by atoms with Crippen molar-refractivity contribution in [1.29, 1.82) is 0 Å². The molecule has 2 amide bonds. The first-order valence-electron chi connectivity index (χ1n) is 13.0. The van der Waals surface area contributed by atoms with Crippen LogP contribution in [0.5, 0.6) is 11.5 Å². The quantitative estimate of drug-likeness (QED) is 0.278. The number of halogens is 1. The van der Waals surface area contributed by atoms with E-state index in [-0.39, 0.29) is 11.6 Å². The minimum Gasteiger partial charge on any atom is -0.497 e. The number of hydrogen-bond acceptors (Lipinski definition) is 7. The van der Waals surface area contributed by atoms with Crippen LogP contribution in [-0.2, 0) is 9.59 Å².